The largest absolute Gasteiger partial charge is 0.507 e. The molecule has 79 heavy (non-hydrogen) atoms. The first-order valence-electron chi connectivity index (χ1n) is 28.1. The summed E-state index contributed by atoms with van der Waals surface area (Å²) < 4.78 is 4.59. The predicted molar refractivity (Wildman–Crippen MR) is 337 cm³/mol. The van der Waals surface area contributed by atoms with Crippen molar-refractivity contribution in [1.82, 2.24) is 29.1 Å². The molecule has 1 N–H and O–H groups in total. The second-order valence-corrected chi connectivity index (χ2v) is 33.1. The summed E-state index contributed by atoms with van der Waals surface area (Å²) in [6, 6.07) is 53.1. The molecule has 0 saturated carbocycles. The van der Waals surface area contributed by atoms with E-state index in [0.29, 0.717) is 11.4 Å². The van der Waals surface area contributed by atoms with Gasteiger partial charge >= 0.3 is 0 Å². The van der Waals surface area contributed by atoms with Crippen molar-refractivity contribution in [3.8, 4) is 73.3 Å². The van der Waals surface area contributed by atoms with Crippen molar-refractivity contribution in [1.29, 1.82) is 0 Å². The number of rotatable bonds is 8. The molecule has 0 atom stereocenters. The van der Waals surface area contributed by atoms with Gasteiger partial charge in [-0.2, -0.15) is 0 Å². The molecule has 0 radical (unpaired) electrons. The average Bonchev–Trinajstić information content (AvgIpc) is 4.22. The Kier molecular flexibility index (Phi) is 13.5. The number of phenols is 1. The van der Waals surface area contributed by atoms with Gasteiger partial charge in [0.25, 0.3) is 0 Å². The molecule has 3 aromatic heterocycles. The number of para-hydroxylation sites is 1. The Balaban J connectivity index is 1.32. The fraction of sp³-hybridized carbons (Fsp3) is 0.324. The molecule has 0 saturated heterocycles. The first-order chi connectivity index (χ1) is 36.9. The maximum Gasteiger partial charge on any atom is 0.168 e. The maximum atomic E-state index is 12.8. The average molecular weight is 1060 g/mol. The van der Waals surface area contributed by atoms with Gasteiger partial charge in [-0.25, -0.2) is 19.9 Å². The Labute approximate surface area is 470 Å². The molecule has 10 rings (SSSR count). The Morgan fingerprint density at radius 3 is 1.47 bits per heavy atom. The zero-order valence-corrected chi connectivity index (χ0v) is 51.1. The number of phenolic OH excluding ortho intramolecular Hbond substituents is 1. The SMILES string of the molecule is CC(C)(C)c1ccc(-n2c(-c3cc(C(C)(C)C)cc(C(C)(C)C)c3O)nc3c(-c4cc(-c5nc6cnc(C(C)(C)C)nc6n5-c5ccc(C(C)(C)C)cc5-c5ccccc5)cc([Si](C)(C)C)c4)cccc32)c(-c2ccccc2)c1. The normalized spacial score (nSPS) is 13.0. The van der Waals surface area contributed by atoms with Crippen molar-refractivity contribution in [2.45, 2.75) is 151 Å². The van der Waals surface area contributed by atoms with E-state index in [-0.39, 0.29) is 32.8 Å². The lowest BCUT2D eigenvalue weighted by Gasteiger charge is -2.28. The topological polar surface area (TPSA) is 81.7 Å². The lowest BCUT2D eigenvalue weighted by atomic mass is 9.79. The molecule has 0 fully saturated rings. The number of hydrogen-bond donors (Lipinski definition) is 1. The molecule has 0 unspecified atom stereocenters. The number of aromatic nitrogens is 6. The third-order valence-electron chi connectivity index (χ3n) is 15.5. The van der Waals surface area contributed by atoms with Crippen molar-refractivity contribution in [2.24, 2.45) is 0 Å². The van der Waals surface area contributed by atoms with Crippen LogP contribution in [-0.2, 0) is 27.1 Å². The summed E-state index contributed by atoms with van der Waals surface area (Å²) >= 11 is 0. The third-order valence-corrected chi connectivity index (χ3v) is 17.5. The van der Waals surface area contributed by atoms with E-state index in [1.54, 1.807) is 0 Å². The molecular formula is C71H80N6OSi. The predicted octanol–water partition coefficient (Wildman–Crippen LogP) is 18.2. The van der Waals surface area contributed by atoms with E-state index < -0.39 is 8.07 Å². The Bertz CT molecular complexity index is 3950. The van der Waals surface area contributed by atoms with Gasteiger partial charge in [-0.1, -0.05) is 232 Å². The van der Waals surface area contributed by atoms with Crippen LogP contribution in [-0.4, -0.2) is 42.3 Å². The van der Waals surface area contributed by atoms with Crippen molar-refractivity contribution >= 4 is 35.5 Å². The van der Waals surface area contributed by atoms with E-state index in [1.165, 1.54) is 16.3 Å². The standard InChI is InChI=1S/C71H80N6OSi/c1-67(2,3)48-32-34-58(53(39-48)44-26-21-19-22-27-44)76-60-31-25-30-52(61(60)74-64(76)55-41-50(69(7,8)9)42-56(62(55)78)70(10,11)12)46-36-47(38-51(37-46)79(16,17)18)63-73-57-43-72-66(71(13,14)15)75-65(57)77(63)59-35-33-49(68(4,5)6)40-54(59)45-28-23-20-24-29-45/h19-43,78H,1-18H3. The van der Waals surface area contributed by atoms with Crippen LogP contribution >= 0.6 is 0 Å². The Hall–Kier alpha value is -7.42. The fourth-order valence-corrected chi connectivity index (χ4v) is 11.8. The molecule has 3 heterocycles. The second kappa shape index (κ2) is 19.4. The first-order valence-corrected chi connectivity index (χ1v) is 31.6. The van der Waals surface area contributed by atoms with Gasteiger partial charge in [0.05, 0.1) is 42.2 Å². The molecular weight excluding hydrogens is 981 g/mol. The minimum absolute atomic E-state index is 0.0834. The maximum absolute atomic E-state index is 12.8. The quantitative estimate of drug-likeness (QED) is 0.153. The zero-order valence-electron chi connectivity index (χ0n) is 50.1. The number of nitrogens with zero attached hydrogens (tertiary/aromatic N) is 6. The van der Waals surface area contributed by atoms with Crippen LogP contribution in [0.25, 0.3) is 89.7 Å². The molecule has 7 aromatic carbocycles. The summed E-state index contributed by atoms with van der Waals surface area (Å²) in [5.41, 5.74) is 16.8. The summed E-state index contributed by atoms with van der Waals surface area (Å²) in [6.07, 6.45) is 1.90. The van der Waals surface area contributed by atoms with Crippen LogP contribution in [0.5, 0.6) is 5.75 Å². The summed E-state index contributed by atoms with van der Waals surface area (Å²) in [5, 5.41) is 14.1. The van der Waals surface area contributed by atoms with Gasteiger partial charge in [0.15, 0.2) is 5.65 Å². The third kappa shape index (κ3) is 10.5. The lowest BCUT2D eigenvalue weighted by Crippen LogP contribution is -2.37. The van der Waals surface area contributed by atoms with Gasteiger partial charge in [-0.3, -0.25) is 9.13 Å². The molecule has 0 spiro atoms. The van der Waals surface area contributed by atoms with E-state index in [4.69, 9.17) is 19.9 Å². The highest BCUT2D eigenvalue weighted by Crippen LogP contribution is 2.47. The number of hydrogen-bond acceptors (Lipinski definition) is 5. The minimum Gasteiger partial charge on any atom is -0.507 e. The molecule has 0 aliphatic carbocycles. The van der Waals surface area contributed by atoms with Gasteiger partial charge < -0.3 is 5.11 Å². The summed E-state index contributed by atoms with van der Waals surface area (Å²) in [5.74, 6) is 2.48. The number of aromatic hydroxyl groups is 1. The number of benzene rings is 7. The van der Waals surface area contributed by atoms with Crippen LogP contribution in [0.2, 0.25) is 19.6 Å². The van der Waals surface area contributed by atoms with Gasteiger partial charge in [0, 0.05) is 33.2 Å². The van der Waals surface area contributed by atoms with Crippen LogP contribution < -0.4 is 5.19 Å². The van der Waals surface area contributed by atoms with Crippen molar-refractivity contribution in [3.05, 3.63) is 180 Å². The van der Waals surface area contributed by atoms with Gasteiger partial charge in [0.1, 0.15) is 28.7 Å². The van der Waals surface area contributed by atoms with Crippen molar-refractivity contribution in [2.75, 3.05) is 0 Å². The molecule has 0 amide bonds. The van der Waals surface area contributed by atoms with Crippen LogP contribution in [0.3, 0.4) is 0 Å². The summed E-state index contributed by atoms with van der Waals surface area (Å²) in [7, 11) is -2.05. The fourth-order valence-electron chi connectivity index (χ4n) is 10.7. The number of fused-ring (bicyclic) bond motifs is 2. The highest BCUT2D eigenvalue weighted by molar-refractivity contribution is 6.88. The molecule has 0 bridgehead atoms. The number of imidazole rings is 2. The monoisotopic (exact) mass is 1060 g/mol. The van der Waals surface area contributed by atoms with Crippen molar-refractivity contribution < 1.29 is 5.11 Å². The molecule has 7 nitrogen and oxygen atoms in total. The highest BCUT2D eigenvalue weighted by Gasteiger charge is 2.32. The Morgan fingerprint density at radius 2 is 0.949 bits per heavy atom. The molecule has 0 aliphatic rings. The molecule has 0 aliphatic heterocycles. The Morgan fingerprint density at radius 1 is 0.418 bits per heavy atom. The van der Waals surface area contributed by atoms with Gasteiger partial charge in [-0.15, -0.1) is 0 Å². The highest BCUT2D eigenvalue weighted by atomic mass is 28.3. The van der Waals surface area contributed by atoms with Gasteiger partial charge in [-0.05, 0) is 97.5 Å². The van der Waals surface area contributed by atoms with Crippen molar-refractivity contribution in [3.63, 3.8) is 0 Å². The second-order valence-electron chi connectivity index (χ2n) is 28.0. The molecule has 8 heteroatoms. The first kappa shape index (κ1) is 54.9. The van der Waals surface area contributed by atoms with Crippen LogP contribution in [0.15, 0.2) is 152 Å². The minimum atomic E-state index is -2.05. The van der Waals surface area contributed by atoms with E-state index in [0.717, 1.165) is 95.3 Å². The van der Waals surface area contributed by atoms with Crippen LogP contribution in [0.1, 0.15) is 132 Å². The van der Waals surface area contributed by atoms with E-state index in [9.17, 15) is 5.11 Å². The zero-order chi connectivity index (χ0) is 56.9. The van der Waals surface area contributed by atoms with Crippen LogP contribution in [0, 0.1) is 0 Å². The van der Waals surface area contributed by atoms with Gasteiger partial charge in [0.2, 0.25) is 0 Å². The smallest absolute Gasteiger partial charge is 0.168 e. The van der Waals surface area contributed by atoms with E-state index in [2.05, 4.69) is 278 Å². The van der Waals surface area contributed by atoms with E-state index >= 15 is 0 Å². The summed E-state index contributed by atoms with van der Waals surface area (Å²) in [4.78, 5) is 21.7. The molecule has 404 valence electrons. The van der Waals surface area contributed by atoms with Crippen LogP contribution in [0.4, 0.5) is 0 Å². The summed E-state index contributed by atoms with van der Waals surface area (Å²) in [6.45, 7) is 40.6. The lowest BCUT2D eigenvalue weighted by molar-refractivity contribution is 0.446. The van der Waals surface area contributed by atoms with E-state index in [1.807, 2.05) is 6.20 Å². The molecule has 10 aromatic rings.